The second-order valence-corrected chi connectivity index (χ2v) is 5.28. The molecular formula is C15H17NS. The van der Waals surface area contributed by atoms with Crippen LogP contribution < -0.4 is 5.73 Å². The van der Waals surface area contributed by atoms with Crippen molar-refractivity contribution in [2.75, 3.05) is 5.73 Å². The first-order chi connectivity index (χ1) is 8.16. The molecule has 0 aliphatic rings. The number of nitrogen functional groups attached to an aromatic ring is 1. The molecule has 0 atom stereocenters. The van der Waals surface area contributed by atoms with Crippen molar-refractivity contribution in [2.24, 2.45) is 0 Å². The third kappa shape index (κ3) is 3.04. The van der Waals surface area contributed by atoms with Crippen molar-refractivity contribution in [3.8, 4) is 0 Å². The van der Waals surface area contributed by atoms with Gasteiger partial charge in [0.05, 0.1) is 0 Å². The molecule has 0 saturated carbocycles. The van der Waals surface area contributed by atoms with Crippen LogP contribution in [-0.2, 0) is 5.75 Å². The van der Waals surface area contributed by atoms with E-state index in [0.717, 1.165) is 11.4 Å². The number of hydrogen-bond acceptors (Lipinski definition) is 2. The van der Waals surface area contributed by atoms with Gasteiger partial charge in [-0.2, -0.15) is 0 Å². The lowest BCUT2D eigenvalue weighted by Crippen LogP contribution is -1.90. The lowest BCUT2D eigenvalue weighted by Gasteiger charge is -2.09. The number of aryl methyl sites for hydroxylation is 2. The number of hydrogen-bond donors (Lipinski definition) is 1. The lowest BCUT2D eigenvalue weighted by atomic mass is 10.1. The molecule has 0 bridgehead atoms. The molecule has 2 N–H and O–H groups in total. The van der Waals surface area contributed by atoms with Crippen LogP contribution in [0, 0.1) is 13.8 Å². The van der Waals surface area contributed by atoms with Crippen LogP contribution in [0.25, 0.3) is 0 Å². The van der Waals surface area contributed by atoms with Crippen molar-refractivity contribution in [1.82, 2.24) is 0 Å². The Hall–Kier alpha value is -1.41. The average molecular weight is 243 g/mol. The van der Waals surface area contributed by atoms with Gasteiger partial charge >= 0.3 is 0 Å². The summed E-state index contributed by atoms with van der Waals surface area (Å²) >= 11 is 1.85. The summed E-state index contributed by atoms with van der Waals surface area (Å²) in [5.41, 5.74) is 10.7. The highest BCUT2D eigenvalue weighted by Crippen LogP contribution is 2.26. The Morgan fingerprint density at radius 3 is 2.12 bits per heavy atom. The summed E-state index contributed by atoms with van der Waals surface area (Å²) < 4.78 is 0. The molecule has 88 valence electrons. The molecule has 0 fully saturated rings. The van der Waals surface area contributed by atoms with Gasteiger partial charge in [-0.15, -0.1) is 11.8 Å². The zero-order chi connectivity index (χ0) is 12.3. The quantitative estimate of drug-likeness (QED) is 0.646. The highest BCUT2D eigenvalue weighted by Gasteiger charge is 2.02. The molecule has 0 amide bonds. The molecule has 0 aliphatic heterocycles. The Balaban J connectivity index is 2.10. The molecule has 0 aliphatic carbocycles. The minimum atomic E-state index is 0.821. The summed E-state index contributed by atoms with van der Waals surface area (Å²) in [4.78, 5) is 1.27. The largest absolute Gasteiger partial charge is 0.399 e. The van der Waals surface area contributed by atoms with E-state index >= 15 is 0 Å². The van der Waals surface area contributed by atoms with E-state index in [1.54, 1.807) is 0 Å². The van der Waals surface area contributed by atoms with Crippen LogP contribution >= 0.6 is 11.8 Å². The summed E-state index contributed by atoms with van der Waals surface area (Å²) in [6.45, 7) is 4.34. The molecule has 1 nitrogen and oxygen atoms in total. The summed E-state index contributed by atoms with van der Waals surface area (Å²) in [5, 5.41) is 0. The van der Waals surface area contributed by atoms with Gasteiger partial charge in [0.2, 0.25) is 0 Å². The van der Waals surface area contributed by atoms with Crippen molar-refractivity contribution in [1.29, 1.82) is 0 Å². The molecule has 2 rings (SSSR count). The monoisotopic (exact) mass is 243 g/mol. The molecule has 0 aromatic heterocycles. The minimum Gasteiger partial charge on any atom is -0.399 e. The van der Waals surface area contributed by atoms with Crippen molar-refractivity contribution >= 4 is 17.4 Å². The second-order valence-electron chi connectivity index (χ2n) is 4.23. The highest BCUT2D eigenvalue weighted by atomic mass is 32.2. The third-order valence-corrected chi connectivity index (χ3v) is 3.95. The molecule has 0 unspecified atom stereocenters. The van der Waals surface area contributed by atoms with Gasteiger partial charge in [-0.3, -0.25) is 0 Å². The number of nitrogens with two attached hydrogens (primary N) is 1. The average Bonchev–Trinajstić information content (AvgIpc) is 2.31. The first kappa shape index (κ1) is 12.1. The smallest absolute Gasteiger partial charge is 0.0314 e. The molecule has 0 saturated heterocycles. The molecular weight excluding hydrogens is 226 g/mol. The number of rotatable bonds is 3. The van der Waals surface area contributed by atoms with Crippen LogP contribution in [0.1, 0.15) is 16.7 Å². The van der Waals surface area contributed by atoms with E-state index in [2.05, 4.69) is 44.2 Å². The van der Waals surface area contributed by atoms with Crippen molar-refractivity contribution in [3.05, 3.63) is 59.2 Å². The van der Waals surface area contributed by atoms with Crippen LogP contribution in [-0.4, -0.2) is 0 Å². The minimum absolute atomic E-state index is 0.821. The zero-order valence-corrected chi connectivity index (χ0v) is 11.1. The van der Waals surface area contributed by atoms with E-state index in [4.69, 9.17) is 5.73 Å². The van der Waals surface area contributed by atoms with Gasteiger partial charge < -0.3 is 5.73 Å². The first-order valence-electron chi connectivity index (χ1n) is 5.70. The molecule has 2 heteroatoms. The van der Waals surface area contributed by atoms with E-state index in [1.165, 1.54) is 21.6 Å². The van der Waals surface area contributed by atoms with Gasteiger partial charge in [-0.1, -0.05) is 18.2 Å². The van der Waals surface area contributed by atoms with Gasteiger partial charge in [0.25, 0.3) is 0 Å². The van der Waals surface area contributed by atoms with E-state index in [0.29, 0.717) is 0 Å². The molecule has 0 heterocycles. The second kappa shape index (κ2) is 5.28. The maximum Gasteiger partial charge on any atom is 0.0314 e. The normalized spacial score (nSPS) is 10.5. The lowest BCUT2D eigenvalue weighted by molar-refractivity contribution is 1.24. The Morgan fingerprint density at radius 2 is 1.53 bits per heavy atom. The van der Waals surface area contributed by atoms with Gasteiger partial charge in [0.15, 0.2) is 0 Å². The number of benzene rings is 2. The molecule has 17 heavy (non-hydrogen) atoms. The molecule has 2 aromatic rings. The summed E-state index contributed by atoms with van der Waals surface area (Å²) in [6.07, 6.45) is 0. The van der Waals surface area contributed by atoms with Crippen molar-refractivity contribution < 1.29 is 0 Å². The van der Waals surface area contributed by atoms with Crippen LogP contribution in [0.4, 0.5) is 5.69 Å². The molecule has 2 aromatic carbocycles. The van der Waals surface area contributed by atoms with Gasteiger partial charge in [-0.05, 0) is 54.8 Å². The van der Waals surface area contributed by atoms with E-state index in [1.807, 2.05) is 23.9 Å². The number of anilines is 1. The zero-order valence-electron chi connectivity index (χ0n) is 10.2. The summed E-state index contributed by atoms with van der Waals surface area (Å²) in [6, 6.07) is 14.5. The maximum atomic E-state index is 5.67. The fourth-order valence-corrected chi connectivity index (χ4v) is 2.89. The van der Waals surface area contributed by atoms with Crippen LogP contribution in [0.15, 0.2) is 47.4 Å². The van der Waals surface area contributed by atoms with Crippen LogP contribution in [0.2, 0.25) is 0 Å². The van der Waals surface area contributed by atoms with E-state index in [9.17, 15) is 0 Å². The van der Waals surface area contributed by atoms with Crippen molar-refractivity contribution in [2.45, 2.75) is 24.5 Å². The fraction of sp³-hybridized carbons (Fsp3) is 0.200. The summed E-state index contributed by atoms with van der Waals surface area (Å²) in [7, 11) is 0. The highest BCUT2D eigenvalue weighted by molar-refractivity contribution is 7.98. The Morgan fingerprint density at radius 1 is 0.941 bits per heavy atom. The third-order valence-electron chi connectivity index (χ3n) is 2.91. The topological polar surface area (TPSA) is 26.0 Å². The van der Waals surface area contributed by atoms with Crippen LogP contribution in [0.5, 0.6) is 0 Å². The SMILES string of the molecule is Cc1cccc(C)c1CSc1ccc(N)cc1. The Bertz CT molecular complexity index is 483. The molecule has 0 spiro atoms. The van der Waals surface area contributed by atoms with Gasteiger partial charge in [-0.25, -0.2) is 0 Å². The summed E-state index contributed by atoms with van der Waals surface area (Å²) in [5.74, 6) is 1.02. The predicted octanol–water partition coefficient (Wildman–Crippen LogP) is 4.18. The van der Waals surface area contributed by atoms with E-state index in [-0.39, 0.29) is 0 Å². The standard InChI is InChI=1S/C15H17NS/c1-11-4-3-5-12(2)15(11)10-17-14-8-6-13(16)7-9-14/h3-9H,10,16H2,1-2H3. The molecule has 0 radical (unpaired) electrons. The maximum absolute atomic E-state index is 5.67. The fourth-order valence-electron chi connectivity index (χ4n) is 1.80. The Labute approximate surface area is 107 Å². The number of thioether (sulfide) groups is 1. The predicted molar refractivity (Wildman–Crippen MR) is 76.3 cm³/mol. The first-order valence-corrected chi connectivity index (χ1v) is 6.69. The van der Waals surface area contributed by atoms with Crippen molar-refractivity contribution in [3.63, 3.8) is 0 Å². The van der Waals surface area contributed by atoms with Crippen LogP contribution in [0.3, 0.4) is 0 Å². The van der Waals surface area contributed by atoms with Gasteiger partial charge in [0, 0.05) is 16.3 Å². The Kier molecular flexibility index (Phi) is 3.75. The van der Waals surface area contributed by atoms with E-state index < -0.39 is 0 Å². The van der Waals surface area contributed by atoms with Gasteiger partial charge in [0.1, 0.15) is 0 Å².